The van der Waals surface area contributed by atoms with Crippen LogP contribution in [0.5, 0.6) is 0 Å². The Morgan fingerprint density at radius 1 is 1.00 bits per heavy atom. The molecule has 0 amide bonds. The third kappa shape index (κ3) is 4.23. The predicted octanol–water partition coefficient (Wildman–Crippen LogP) is 5.07. The molecule has 1 N–H and O–H groups in total. The highest BCUT2D eigenvalue weighted by Gasteiger charge is 2.23. The zero-order chi connectivity index (χ0) is 14.7. The molecule has 1 fully saturated rings. The lowest BCUT2D eigenvalue weighted by Crippen LogP contribution is -2.24. The summed E-state index contributed by atoms with van der Waals surface area (Å²) in [6.07, 6.45) is 3.56. The van der Waals surface area contributed by atoms with E-state index in [0.717, 1.165) is 23.0 Å². The van der Waals surface area contributed by atoms with Crippen LogP contribution in [-0.2, 0) is 6.42 Å². The van der Waals surface area contributed by atoms with Gasteiger partial charge in [0.15, 0.2) is 0 Å². The molecule has 3 heteroatoms. The maximum Gasteiger partial charge on any atom is 0.0438 e. The second-order valence-corrected chi connectivity index (χ2v) is 6.57. The summed E-state index contributed by atoms with van der Waals surface area (Å²) >= 11 is 12.3. The molecule has 0 radical (unpaired) electrons. The maximum atomic E-state index is 6.31. The highest BCUT2D eigenvalue weighted by Crippen LogP contribution is 2.27. The molecule has 0 spiro atoms. The molecule has 1 unspecified atom stereocenters. The molecular weight excluding hydrogens is 301 g/mol. The molecule has 0 heterocycles. The van der Waals surface area contributed by atoms with Gasteiger partial charge in [0.1, 0.15) is 0 Å². The molecule has 1 nitrogen and oxygen atoms in total. The van der Waals surface area contributed by atoms with Crippen LogP contribution < -0.4 is 5.32 Å². The highest BCUT2D eigenvalue weighted by molar-refractivity contribution is 6.31. The van der Waals surface area contributed by atoms with E-state index >= 15 is 0 Å². The van der Waals surface area contributed by atoms with Crippen LogP contribution in [0.25, 0.3) is 0 Å². The smallest absolute Gasteiger partial charge is 0.0438 e. The molecule has 21 heavy (non-hydrogen) atoms. The molecule has 1 aliphatic rings. The van der Waals surface area contributed by atoms with E-state index in [-0.39, 0.29) is 0 Å². The van der Waals surface area contributed by atoms with Crippen LogP contribution in [0.3, 0.4) is 0 Å². The third-order valence-corrected chi connectivity index (χ3v) is 4.62. The van der Waals surface area contributed by atoms with Crippen LogP contribution in [-0.4, -0.2) is 12.6 Å². The van der Waals surface area contributed by atoms with Gasteiger partial charge in [-0.15, -0.1) is 0 Å². The standard InChI is InChI=1S/C18H19Cl2N/c19-16-7-5-13(6-8-16)15(12-21-17-9-10-17)11-14-3-1-2-4-18(14)20/h1-8,15,17,21H,9-12H2. The van der Waals surface area contributed by atoms with Crippen molar-refractivity contribution in [2.45, 2.75) is 31.2 Å². The van der Waals surface area contributed by atoms with Gasteiger partial charge in [0.05, 0.1) is 0 Å². The van der Waals surface area contributed by atoms with Crippen molar-refractivity contribution in [2.24, 2.45) is 0 Å². The average Bonchev–Trinajstić information content (AvgIpc) is 3.31. The van der Waals surface area contributed by atoms with E-state index in [1.807, 2.05) is 24.3 Å². The summed E-state index contributed by atoms with van der Waals surface area (Å²) in [6.45, 7) is 0.984. The monoisotopic (exact) mass is 319 g/mol. The predicted molar refractivity (Wildman–Crippen MR) is 90.4 cm³/mol. The van der Waals surface area contributed by atoms with Crippen LogP contribution in [0, 0.1) is 0 Å². The quantitative estimate of drug-likeness (QED) is 0.783. The largest absolute Gasteiger partial charge is 0.313 e. The molecule has 0 aromatic heterocycles. The Morgan fingerprint density at radius 2 is 1.71 bits per heavy atom. The minimum atomic E-state index is 0.419. The Labute approximate surface area is 136 Å². The van der Waals surface area contributed by atoms with Crippen molar-refractivity contribution in [1.29, 1.82) is 0 Å². The van der Waals surface area contributed by atoms with E-state index in [4.69, 9.17) is 23.2 Å². The first kappa shape index (κ1) is 14.9. The molecule has 0 saturated heterocycles. The molecule has 0 aliphatic heterocycles. The van der Waals surface area contributed by atoms with Crippen molar-refractivity contribution >= 4 is 23.2 Å². The summed E-state index contributed by atoms with van der Waals surface area (Å²) < 4.78 is 0. The Hall–Kier alpha value is -1.02. The first-order chi connectivity index (χ1) is 10.2. The SMILES string of the molecule is Clc1ccc(C(CNC2CC2)Cc2ccccc2Cl)cc1. The van der Waals surface area contributed by atoms with Crippen molar-refractivity contribution < 1.29 is 0 Å². The Morgan fingerprint density at radius 3 is 2.38 bits per heavy atom. The first-order valence-electron chi connectivity index (χ1n) is 7.44. The molecule has 0 bridgehead atoms. The van der Waals surface area contributed by atoms with Crippen LogP contribution in [0.4, 0.5) is 0 Å². The van der Waals surface area contributed by atoms with Gasteiger partial charge in [0.2, 0.25) is 0 Å². The molecule has 1 aliphatic carbocycles. The summed E-state index contributed by atoms with van der Waals surface area (Å²) in [4.78, 5) is 0. The minimum absolute atomic E-state index is 0.419. The van der Waals surface area contributed by atoms with Gasteiger partial charge >= 0.3 is 0 Å². The van der Waals surface area contributed by atoms with Gasteiger partial charge in [-0.1, -0.05) is 53.5 Å². The molecule has 110 valence electrons. The highest BCUT2D eigenvalue weighted by atomic mass is 35.5. The fraction of sp³-hybridized carbons (Fsp3) is 0.333. The topological polar surface area (TPSA) is 12.0 Å². The molecule has 3 rings (SSSR count). The van der Waals surface area contributed by atoms with Gasteiger partial charge in [-0.2, -0.15) is 0 Å². The number of nitrogens with one attached hydrogen (secondary N) is 1. The van der Waals surface area contributed by atoms with E-state index in [9.17, 15) is 0 Å². The first-order valence-corrected chi connectivity index (χ1v) is 8.20. The van der Waals surface area contributed by atoms with Crippen molar-refractivity contribution in [3.63, 3.8) is 0 Å². The molecule has 2 aromatic carbocycles. The maximum absolute atomic E-state index is 6.31. The number of halogens is 2. The van der Waals surface area contributed by atoms with E-state index in [1.165, 1.54) is 24.0 Å². The van der Waals surface area contributed by atoms with E-state index in [1.54, 1.807) is 0 Å². The normalized spacial score (nSPS) is 15.9. The number of rotatable bonds is 6. The van der Waals surface area contributed by atoms with Gasteiger partial charge in [-0.25, -0.2) is 0 Å². The average molecular weight is 320 g/mol. The summed E-state index contributed by atoms with van der Waals surface area (Å²) in [6, 6.07) is 17.0. The van der Waals surface area contributed by atoms with Crippen LogP contribution in [0.1, 0.15) is 29.9 Å². The van der Waals surface area contributed by atoms with Crippen molar-refractivity contribution in [2.75, 3.05) is 6.54 Å². The van der Waals surface area contributed by atoms with Crippen LogP contribution in [0.2, 0.25) is 10.0 Å². The van der Waals surface area contributed by atoms with Gasteiger partial charge < -0.3 is 5.32 Å². The van der Waals surface area contributed by atoms with Gasteiger partial charge in [-0.05, 0) is 48.6 Å². The lowest BCUT2D eigenvalue weighted by molar-refractivity contribution is 0.577. The van der Waals surface area contributed by atoms with E-state index < -0.39 is 0 Å². The van der Waals surface area contributed by atoms with Gasteiger partial charge in [-0.3, -0.25) is 0 Å². The fourth-order valence-electron chi connectivity index (χ4n) is 2.57. The van der Waals surface area contributed by atoms with Crippen molar-refractivity contribution in [3.8, 4) is 0 Å². The zero-order valence-electron chi connectivity index (χ0n) is 11.9. The Balaban J connectivity index is 1.77. The summed E-state index contributed by atoms with van der Waals surface area (Å²) in [7, 11) is 0. The lowest BCUT2D eigenvalue weighted by Gasteiger charge is -2.19. The minimum Gasteiger partial charge on any atom is -0.313 e. The second-order valence-electron chi connectivity index (χ2n) is 5.73. The molecule has 1 atom stereocenters. The van der Waals surface area contributed by atoms with E-state index in [0.29, 0.717) is 12.0 Å². The molecular formula is C18H19Cl2N. The van der Waals surface area contributed by atoms with Crippen LogP contribution in [0.15, 0.2) is 48.5 Å². The number of hydrogen-bond donors (Lipinski definition) is 1. The van der Waals surface area contributed by atoms with Crippen molar-refractivity contribution in [3.05, 3.63) is 69.7 Å². The second kappa shape index (κ2) is 6.83. The lowest BCUT2D eigenvalue weighted by atomic mass is 9.92. The Kier molecular flexibility index (Phi) is 4.84. The van der Waals surface area contributed by atoms with E-state index in [2.05, 4.69) is 29.6 Å². The fourth-order valence-corrected chi connectivity index (χ4v) is 2.91. The zero-order valence-corrected chi connectivity index (χ0v) is 13.4. The Bertz CT molecular complexity index is 590. The number of hydrogen-bond acceptors (Lipinski definition) is 1. The van der Waals surface area contributed by atoms with Gasteiger partial charge in [0.25, 0.3) is 0 Å². The van der Waals surface area contributed by atoms with Crippen molar-refractivity contribution in [1.82, 2.24) is 5.32 Å². The number of benzene rings is 2. The van der Waals surface area contributed by atoms with Gasteiger partial charge in [0, 0.05) is 28.5 Å². The summed E-state index contributed by atoms with van der Waals surface area (Å²) in [5.41, 5.74) is 2.52. The summed E-state index contributed by atoms with van der Waals surface area (Å²) in [5, 5.41) is 5.27. The van der Waals surface area contributed by atoms with Crippen LogP contribution >= 0.6 is 23.2 Å². The summed E-state index contributed by atoms with van der Waals surface area (Å²) in [5.74, 6) is 0.419. The molecule has 2 aromatic rings. The molecule has 1 saturated carbocycles. The third-order valence-electron chi connectivity index (χ3n) is 4.00.